The Hall–Kier alpha value is -3.07. The van der Waals surface area contributed by atoms with Gasteiger partial charge in [0.1, 0.15) is 6.61 Å². The number of benzene rings is 2. The number of hydrogen-bond acceptors (Lipinski definition) is 4. The van der Waals surface area contributed by atoms with Gasteiger partial charge in [0.05, 0.1) is 11.3 Å². The third kappa shape index (κ3) is 5.00. The number of halogens is 4. The molecule has 0 atom stereocenters. The van der Waals surface area contributed by atoms with E-state index in [1.165, 1.54) is 37.5 Å². The van der Waals surface area contributed by atoms with E-state index in [4.69, 9.17) is 11.6 Å². The van der Waals surface area contributed by atoms with Crippen LogP contribution in [0.2, 0.25) is 5.02 Å². The summed E-state index contributed by atoms with van der Waals surface area (Å²) in [6.07, 6.45) is 1.46. The van der Waals surface area contributed by atoms with Crippen LogP contribution in [0.4, 0.5) is 18.9 Å². The molecular formula is C28H27ClF3NO5. The lowest BCUT2D eigenvalue weighted by molar-refractivity contribution is -0.201. The van der Waals surface area contributed by atoms with E-state index in [1.54, 1.807) is 13.0 Å². The fourth-order valence-electron chi connectivity index (χ4n) is 7.21. The van der Waals surface area contributed by atoms with Crippen LogP contribution < -0.4 is 5.32 Å². The average molecular weight is 550 g/mol. The van der Waals surface area contributed by atoms with Gasteiger partial charge in [-0.2, -0.15) is 13.2 Å². The molecule has 0 saturated heterocycles. The van der Waals surface area contributed by atoms with E-state index in [2.05, 4.69) is 10.1 Å². The molecule has 2 aromatic carbocycles. The van der Waals surface area contributed by atoms with Crippen LogP contribution in [0.15, 0.2) is 30.3 Å². The zero-order valence-corrected chi connectivity index (χ0v) is 21.4. The molecular weight excluding hydrogens is 523 g/mol. The van der Waals surface area contributed by atoms with Gasteiger partial charge in [0.2, 0.25) is 0 Å². The Morgan fingerprint density at radius 2 is 1.63 bits per heavy atom. The van der Waals surface area contributed by atoms with Gasteiger partial charge < -0.3 is 15.2 Å². The standard InChI is InChI=1S/C28H27ClF3NO5/c1-14-4-20(29)9-22(25(35)36)23(14)33-24(34)21-3-2-19(8-18(21)13-38-26(37)28(30,31)32)27-10-15-5-16(11-27)7-17(6-15)12-27/h2-4,8-9,15-17H,5-7,10-13H2,1H3,(H,33,34)(H,35,36). The first-order chi connectivity index (χ1) is 17.8. The second-order valence-corrected chi connectivity index (χ2v) is 11.5. The van der Waals surface area contributed by atoms with Crippen LogP contribution in [-0.2, 0) is 21.6 Å². The number of nitrogens with one attached hydrogen (secondary N) is 1. The predicted molar refractivity (Wildman–Crippen MR) is 133 cm³/mol. The molecule has 4 aliphatic carbocycles. The molecule has 4 bridgehead atoms. The van der Waals surface area contributed by atoms with Crippen LogP contribution >= 0.6 is 11.6 Å². The lowest BCUT2D eigenvalue weighted by Gasteiger charge is -2.57. The number of aryl methyl sites for hydroxylation is 1. The first-order valence-electron chi connectivity index (χ1n) is 12.6. The fraction of sp³-hybridized carbons (Fsp3) is 0.464. The minimum atomic E-state index is -5.17. The van der Waals surface area contributed by atoms with Gasteiger partial charge in [0.25, 0.3) is 5.91 Å². The molecule has 0 heterocycles. The molecule has 0 unspecified atom stereocenters. The van der Waals surface area contributed by atoms with Crippen molar-refractivity contribution in [2.24, 2.45) is 17.8 Å². The molecule has 6 nitrogen and oxygen atoms in total. The number of carbonyl (C=O) groups excluding carboxylic acids is 2. The van der Waals surface area contributed by atoms with Gasteiger partial charge in [-0.15, -0.1) is 0 Å². The third-order valence-corrected chi connectivity index (χ3v) is 8.58. The summed E-state index contributed by atoms with van der Waals surface area (Å²) in [6, 6.07) is 7.76. The van der Waals surface area contributed by atoms with E-state index in [-0.39, 0.29) is 32.8 Å². The smallest absolute Gasteiger partial charge is 0.478 e. The number of carboxylic acid groups (broad SMARTS) is 1. The number of rotatable bonds is 6. The molecule has 6 rings (SSSR count). The summed E-state index contributed by atoms with van der Waals surface area (Å²) >= 11 is 5.98. The normalized spacial score (nSPS) is 25.8. The number of carboxylic acids is 1. The summed E-state index contributed by atoms with van der Waals surface area (Å²) < 4.78 is 43.1. The number of carbonyl (C=O) groups is 3. The number of esters is 1. The topological polar surface area (TPSA) is 92.7 Å². The van der Waals surface area contributed by atoms with Crippen molar-refractivity contribution in [2.45, 2.75) is 63.6 Å². The molecule has 2 N–H and O–H groups in total. The molecule has 0 spiro atoms. The van der Waals surface area contributed by atoms with Crippen molar-refractivity contribution < 1.29 is 37.4 Å². The first kappa shape index (κ1) is 26.5. The minimum Gasteiger partial charge on any atom is -0.478 e. The molecule has 0 aromatic heterocycles. The first-order valence-corrected chi connectivity index (χ1v) is 12.9. The maximum Gasteiger partial charge on any atom is 0.490 e. The van der Waals surface area contributed by atoms with E-state index in [0.717, 1.165) is 24.8 Å². The fourth-order valence-corrected chi connectivity index (χ4v) is 7.49. The lowest BCUT2D eigenvalue weighted by Crippen LogP contribution is -2.48. The second kappa shape index (κ2) is 9.59. The summed E-state index contributed by atoms with van der Waals surface area (Å²) in [6.45, 7) is 0.836. The monoisotopic (exact) mass is 549 g/mol. The van der Waals surface area contributed by atoms with Gasteiger partial charge in [0, 0.05) is 16.1 Å². The van der Waals surface area contributed by atoms with Crippen molar-refractivity contribution in [1.82, 2.24) is 0 Å². The van der Waals surface area contributed by atoms with Crippen molar-refractivity contribution in [2.75, 3.05) is 5.32 Å². The van der Waals surface area contributed by atoms with E-state index in [1.807, 2.05) is 6.07 Å². The Morgan fingerprint density at radius 1 is 1.03 bits per heavy atom. The number of hydrogen-bond donors (Lipinski definition) is 2. The zero-order chi connectivity index (χ0) is 27.4. The Balaban J connectivity index is 1.50. The van der Waals surface area contributed by atoms with E-state index in [9.17, 15) is 32.7 Å². The van der Waals surface area contributed by atoms with Crippen LogP contribution in [0.1, 0.15) is 75.9 Å². The molecule has 10 heteroatoms. The van der Waals surface area contributed by atoms with Gasteiger partial charge >= 0.3 is 18.1 Å². The number of anilines is 1. The van der Waals surface area contributed by atoms with Gasteiger partial charge in [-0.25, -0.2) is 9.59 Å². The Labute approximate surface area is 222 Å². The van der Waals surface area contributed by atoms with Crippen LogP contribution in [0.5, 0.6) is 0 Å². The quantitative estimate of drug-likeness (QED) is 0.392. The second-order valence-electron chi connectivity index (χ2n) is 11.0. The molecule has 0 aliphatic heterocycles. The molecule has 2 aromatic rings. The Bertz CT molecular complexity index is 1290. The van der Waals surface area contributed by atoms with Crippen molar-refractivity contribution in [3.63, 3.8) is 0 Å². The predicted octanol–water partition coefficient (Wildman–Crippen LogP) is 6.67. The SMILES string of the molecule is Cc1cc(Cl)cc(C(=O)O)c1NC(=O)c1ccc(C23CC4CC(CC(C4)C2)C3)cc1COC(=O)C(F)(F)F. The van der Waals surface area contributed by atoms with Crippen LogP contribution in [0.3, 0.4) is 0 Å². The van der Waals surface area contributed by atoms with Gasteiger partial charge in [-0.1, -0.05) is 23.7 Å². The van der Waals surface area contributed by atoms with Crippen molar-refractivity contribution in [3.8, 4) is 0 Å². The maximum absolute atomic E-state index is 13.3. The van der Waals surface area contributed by atoms with Crippen LogP contribution in [0, 0.1) is 24.7 Å². The minimum absolute atomic E-state index is 0.000795. The highest BCUT2D eigenvalue weighted by Gasteiger charge is 2.51. The molecule has 1 amide bonds. The summed E-state index contributed by atoms with van der Waals surface area (Å²) in [4.78, 5) is 36.6. The van der Waals surface area contributed by atoms with Gasteiger partial charge in [0.15, 0.2) is 0 Å². The van der Waals surface area contributed by atoms with E-state index in [0.29, 0.717) is 23.3 Å². The number of alkyl halides is 3. The molecule has 4 fully saturated rings. The van der Waals surface area contributed by atoms with Crippen molar-refractivity contribution in [1.29, 1.82) is 0 Å². The van der Waals surface area contributed by atoms with Crippen molar-refractivity contribution in [3.05, 3.63) is 63.2 Å². The molecule has 202 valence electrons. The van der Waals surface area contributed by atoms with Crippen molar-refractivity contribution >= 4 is 35.1 Å². The van der Waals surface area contributed by atoms with Gasteiger partial charge in [-0.05, 0) is 97.9 Å². The molecule has 38 heavy (non-hydrogen) atoms. The average Bonchev–Trinajstić information content (AvgIpc) is 2.82. The van der Waals surface area contributed by atoms with Gasteiger partial charge in [-0.3, -0.25) is 4.79 Å². The maximum atomic E-state index is 13.3. The summed E-state index contributed by atoms with van der Waals surface area (Å²) in [5.41, 5.74) is 1.18. The van der Waals surface area contributed by atoms with E-state index < -0.39 is 30.6 Å². The summed E-state index contributed by atoms with van der Waals surface area (Å²) in [7, 11) is 0. The Kier molecular flexibility index (Phi) is 6.70. The van der Waals surface area contributed by atoms with Crippen LogP contribution in [0.25, 0.3) is 0 Å². The number of amides is 1. The van der Waals surface area contributed by atoms with E-state index >= 15 is 0 Å². The largest absolute Gasteiger partial charge is 0.490 e. The zero-order valence-electron chi connectivity index (χ0n) is 20.7. The molecule has 4 aliphatic rings. The third-order valence-electron chi connectivity index (χ3n) is 8.36. The summed E-state index contributed by atoms with van der Waals surface area (Å²) in [5, 5.41) is 12.3. The highest BCUT2D eigenvalue weighted by molar-refractivity contribution is 6.31. The number of aromatic carboxylic acids is 1. The van der Waals surface area contributed by atoms with Crippen LogP contribution in [-0.4, -0.2) is 29.1 Å². The highest BCUT2D eigenvalue weighted by atomic mass is 35.5. The molecule has 0 radical (unpaired) electrons. The molecule has 4 saturated carbocycles. The highest BCUT2D eigenvalue weighted by Crippen LogP contribution is 2.60. The Morgan fingerprint density at radius 3 is 2.18 bits per heavy atom. The number of ether oxygens (including phenoxy) is 1. The summed E-state index contributed by atoms with van der Waals surface area (Å²) in [5.74, 6) is -2.50. The lowest BCUT2D eigenvalue weighted by atomic mass is 9.48.